The first kappa shape index (κ1) is 22.9. The summed E-state index contributed by atoms with van der Waals surface area (Å²) in [7, 11) is 0. The standard InChI is InChI=1S/C29H23N5O2/c1-2-27(35)34-11-10-22(17-34)26-14-23(13-24-16-31-18-32-28(24)26)20-6-8-21(9-7-20)29(36)33-25-5-3-4-19(12-25)15-30/h2-9,12-14,16,18,22H,1,10-11,17H2,(H,33,36). The average Bonchev–Trinajstić information content (AvgIpc) is 3.42. The van der Waals surface area contributed by atoms with Crippen molar-refractivity contribution in [2.24, 2.45) is 0 Å². The Morgan fingerprint density at radius 3 is 2.72 bits per heavy atom. The van der Waals surface area contributed by atoms with Gasteiger partial charge in [0.1, 0.15) is 6.33 Å². The van der Waals surface area contributed by atoms with Gasteiger partial charge in [0.05, 0.1) is 17.1 Å². The molecule has 7 nitrogen and oxygen atoms in total. The van der Waals surface area contributed by atoms with Crippen LogP contribution in [0.1, 0.15) is 33.8 Å². The first-order valence-corrected chi connectivity index (χ1v) is 11.6. The van der Waals surface area contributed by atoms with Crippen LogP contribution >= 0.6 is 0 Å². The lowest BCUT2D eigenvalue weighted by atomic mass is 9.91. The Kier molecular flexibility index (Phi) is 6.25. The van der Waals surface area contributed by atoms with Crippen LogP contribution in [-0.4, -0.2) is 39.8 Å². The summed E-state index contributed by atoms with van der Waals surface area (Å²) in [5.74, 6) is -0.136. The van der Waals surface area contributed by atoms with Gasteiger partial charge in [-0.15, -0.1) is 0 Å². The van der Waals surface area contributed by atoms with Crippen LogP contribution in [0, 0.1) is 11.3 Å². The lowest BCUT2D eigenvalue weighted by molar-refractivity contribution is -0.125. The molecule has 7 heteroatoms. The Morgan fingerprint density at radius 1 is 1.11 bits per heavy atom. The first-order valence-electron chi connectivity index (χ1n) is 11.6. The van der Waals surface area contributed by atoms with E-state index in [0.29, 0.717) is 29.9 Å². The second-order valence-corrected chi connectivity index (χ2v) is 8.72. The molecule has 2 amide bonds. The molecule has 1 fully saturated rings. The Bertz CT molecular complexity index is 1520. The number of aromatic nitrogens is 2. The number of nitrogens with one attached hydrogen (secondary N) is 1. The molecule has 0 saturated carbocycles. The summed E-state index contributed by atoms with van der Waals surface area (Å²) >= 11 is 0. The smallest absolute Gasteiger partial charge is 0.255 e. The second-order valence-electron chi connectivity index (χ2n) is 8.72. The molecule has 0 aliphatic carbocycles. The van der Waals surface area contributed by atoms with Gasteiger partial charge in [0, 0.05) is 41.8 Å². The zero-order valence-electron chi connectivity index (χ0n) is 19.5. The van der Waals surface area contributed by atoms with Crippen molar-refractivity contribution in [3.05, 3.63) is 103 Å². The molecule has 0 bridgehead atoms. The molecular weight excluding hydrogens is 450 g/mol. The SMILES string of the molecule is C=CC(=O)N1CCC(c2cc(-c3ccc(C(=O)Nc4cccc(C#N)c4)cc3)cc3cncnc23)C1. The fourth-order valence-corrected chi connectivity index (χ4v) is 4.64. The fraction of sp³-hybridized carbons (Fsp3) is 0.138. The largest absolute Gasteiger partial charge is 0.339 e. The van der Waals surface area contributed by atoms with Crippen LogP contribution in [0.5, 0.6) is 0 Å². The van der Waals surface area contributed by atoms with Crippen molar-refractivity contribution in [3.8, 4) is 17.2 Å². The van der Waals surface area contributed by atoms with E-state index in [1.807, 2.05) is 23.1 Å². The van der Waals surface area contributed by atoms with E-state index in [4.69, 9.17) is 5.26 Å². The van der Waals surface area contributed by atoms with E-state index in [1.54, 1.807) is 48.9 Å². The van der Waals surface area contributed by atoms with Crippen molar-refractivity contribution in [3.63, 3.8) is 0 Å². The number of anilines is 1. The molecular formula is C29H23N5O2. The highest BCUT2D eigenvalue weighted by Gasteiger charge is 2.28. The van der Waals surface area contributed by atoms with E-state index in [1.165, 1.54) is 6.08 Å². The Balaban J connectivity index is 1.42. The minimum Gasteiger partial charge on any atom is -0.339 e. The third kappa shape index (κ3) is 4.57. The normalized spacial score (nSPS) is 14.9. The van der Waals surface area contributed by atoms with Gasteiger partial charge in [0.15, 0.2) is 0 Å². The van der Waals surface area contributed by atoms with Crippen LogP contribution in [0.3, 0.4) is 0 Å². The highest BCUT2D eigenvalue weighted by molar-refractivity contribution is 6.04. The molecule has 1 aliphatic heterocycles. The molecule has 1 aromatic heterocycles. The van der Waals surface area contributed by atoms with Crippen LogP contribution in [0.25, 0.3) is 22.0 Å². The topological polar surface area (TPSA) is 99.0 Å². The van der Waals surface area contributed by atoms with Gasteiger partial charge in [0.25, 0.3) is 5.91 Å². The van der Waals surface area contributed by atoms with Crippen molar-refractivity contribution in [2.45, 2.75) is 12.3 Å². The minimum atomic E-state index is -0.248. The summed E-state index contributed by atoms with van der Waals surface area (Å²) in [6.45, 7) is 4.92. The first-order chi connectivity index (χ1) is 17.6. The van der Waals surface area contributed by atoms with Crippen LogP contribution in [0.2, 0.25) is 0 Å². The molecule has 2 heterocycles. The highest BCUT2D eigenvalue weighted by Crippen LogP contribution is 2.35. The third-order valence-corrected chi connectivity index (χ3v) is 6.48. The molecule has 1 saturated heterocycles. The predicted molar refractivity (Wildman–Crippen MR) is 138 cm³/mol. The molecule has 1 atom stereocenters. The van der Waals surface area contributed by atoms with Crippen molar-refractivity contribution < 1.29 is 9.59 Å². The summed E-state index contributed by atoms with van der Waals surface area (Å²) < 4.78 is 0. The van der Waals surface area contributed by atoms with Crippen molar-refractivity contribution in [1.82, 2.24) is 14.9 Å². The van der Waals surface area contributed by atoms with Gasteiger partial charge < -0.3 is 10.2 Å². The Morgan fingerprint density at radius 2 is 1.94 bits per heavy atom. The summed E-state index contributed by atoms with van der Waals surface area (Å²) in [5.41, 5.74) is 5.50. The van der Waals surface area contributed by atoms with E-state index in [0.717, 1.165) is 34.0 Å². The molecule has 1 unspecified atom stereocenters. The number of hydrogen-bond acceptors (Lipinski definition) is 5. The average molecular weight is 474 g/mol. The van der Waals surface area contributed by atoms with Gasteiger partial charge in [-0.2, -0.15) is 5.26 Å². The van der Waals surface area contributed by atoms with Crippen molar-refractivity contribution in [2.75, 3.05) is 18.4 Å². The van der Waals surface area contributed by atoms with Crippen LogP contribution < -0.4 is 5.32 Å². The van der Waals surface area contributed by atoms with E-state index in [-0.39, 0.29) is 17.7 Å². The Labute approximate surface area is 208 Å². The van der Waals surface area contributed by atoms with Crippen LogP contribution in [-0.2, 0) is 4.79 Å². The zero-order chi connectivity index (χ0) is 25.1. The van der Waals surface area contributed by atoms with Crippen molar-refractivity contribution >= 4 is 28.4 Å². The summed E-state index contributed by atoms with van der Waals surface area (Å²) in [6, 6.07) is 20.4. The van der Waals surface area contributed by atoms with Crippen LogP contribution in [0.4, 0.5) is 5.69 Å². The Hall–Kier alpha value is -4.83. The quantitative estimate of drug-likeness (QED) is 0.415. The highest BCUT2D eigenvalue weighted by atomic mass is 16.2. The fourth-order valence-electron chi connectivity index (χ4n) is 4.64. The number of carbonyl (C=O) groups excluding carboxylic acids is 2. The number of carbonyl (C=O) groups is 2. The van der Waals surface area contributed by atoms with E-state index in [9.17, 15) is 9.59 Å². The molecule has 5 rings (SSSR count). The van der Waals surface area contributed by atoms with Crippen LogP contribution in [0.15, 0.2) is 85.8 Å². The number of likely N-dealkylation sites (tertiary alicyclic amines) is 1. The molecule has 0 radical (unpaired) electrons. The van der Waals surface area contributed by atoms with Gasteiger partial charge in [-0.3, -0.25) is 9.59 Å². The van der Waals surface area contributed by atoms with Crippen molar-refractivity contribution in [1.29, 1.82) is 5.26 Å². The molecule has 0 spiro atoms. The lowest BCUT2D eigenvalue weighted by Crippen LogP contribution is -2.26. The van der Waals surface area contributed by atoms with E-state index in [2.05, 4.69) is 34.0 Å². The molecule has 4 aromatic rings. The number of nitriles is 1. The molecule has 36 heavy (non-hydrogen) atoms. The number of amides is 2. The van der Waals surface area contributed by atoms with E-state index >= 15 is 0 Å². The number of nitrogens with zero attached hydrogens (tertiary/aromatic N) is 4. The summed E-state index contributed by atoms with van der Waals surface area (Å²) in [6.07, 6.45) is 5.56. The number of rotatable bonds is 5. The lowest BCUT2D eigenvalue weighted by Gasteiger charge is -2.17. The maximum atomic E-state index is 12.7. The third-order valence-electron chi connectivity index (χ3n) is 6.48. The molecule has 1 N–H and O–H groups in total. The maximum Gasteiger partial charge on any atom is 0.255 e. The number of hydrogen-bond donors (Lipinski definition) is 1. The molecule has 1 aliphatic rings. The number of fused-ring (bicyclic) bond motifs is 1. The summed E-state index contributed by atoms with van der Waals surface area (Å²) in [4.78, 5) is 35.4. The van der Waals surface area contributed by atoms with Gasteiger partial charge in [-0.05, 0) is 71.7 Å². The minimum absolute atomic E-state index is 0.0548. The molecule has 3 aromatic carbocycles. The van der Waals surface area contributed by atoms with E-state index < -0.39 is 0 Å². The monoisotopic (exact) mass is 473 g/mol. The van der Waals surface area contributed by atoms with Gasteiger partial charge >= 0.3 is 0 Å². The number of benzene rings is 3. The summed E-state index contributed by atoms with van der Waals surface area (Å²) in [5, 5.41) is 12.8. The maximum absolute atomic E-state index is 12.7. The van der Waals surface area contributed by atoms with Gasteiger partial charge in [-0.1, -0.05) is 24.8 Å². The second kappa shape index (κ2) is 9.80. The predicted octanol–water partition coefficient (Wildman–Crippen LogP) is 4.92. The zero-order valence-corrected chi connectivity index (χ0v) is 19.5. The van der Waals surface area contributed by atoms with Gasteiger partial charge in [-0.25, -0.2) is 9.97 Å². The molecule has 176 valence electrons. The van der Waals surface area contributed by atoms with Gasteiger partial charge in [0.2, 0.25) is 5.91 Å².